The molecule has 0 radical (unpaired) electrons. The van der Waals surface area contributed by atoms with Crippen LogP contribution in [0.1, 0.15) is 10.5 Å². The SMILES string of the molecule is COC(=O)c1ncc(-c2cc(Cl)ccc2Cl)cc1I. The van der Waals surface area contributed by atoms with Crippen LogP contribution in [0.25, 0.3) is 11.1 Å². The summed E-state index contributed by atoms with van der Waals surface area (Å²) in [5, 5.41) is 1.17. The number of hydrogen-bond donors (Lipinski definition) is 0. The molecule has 6 heteroatoms. The van der Waals surface area contributed by atoms with Gasteiger partial charge in [-0.1, -0.05) is 23.2 Å². The summed E-state index contributed by atoms with van der Waals surface area (Å²) in [6.07, 6.45) is 1.58. The Morgan fingerprint density at radius 3 is 2.68 bits per heavy atom. The Labute approximate surface area is 134 Å². The van der Waals surface area contributed by atoms with E-state index >= 15 is 0 Å². The molecule has 2 aromatic rings. The van der Waals surface area contributed by atoms with Crippen LogP contribution in [-0.2, 0) is 4.74 Å². The van der Waals surface area contributed by atoms with Gasteiger partial charge in [-0.3, -0.25) is 0 Å². The van der Waals surface area contributed by atoms with Gasteiger partial charge in [0.05, 0.1) is 7.11 Å². The van der Waals surface area contributed by atoms with Crippen molar-refractivity contribution in [2.45, 2.75) is 0 Å². The van der Waals surface area contributed by atoms with E-state index in [1.807, 2.05) is 28.7 Å². The van der Waals surface area contributed by atoms with Crippen molar-refractivity contribution in [3.8, 4) is 11.1 Å². The van der Waals surface area contributed by atoms with Crippen LogP contribution in [0.5, 0.6) is 0 Å². The fourth-order valence-corrected chi connectivity index (χ4v) is 2.64. The van der Waals surface area contributed by atoms with Crippen molar-refractivity contribution in [1.82, 2.24) is 4.98 Å². The third kappa shape index (κ3) is 3.19. The summed E-state index contributed by atoms with van der Waals surface area (Å²) < 4.78 is 5.34. The van der Waals surface area contributed by atoms with E-state index in [1.54, 1.807) is 24.4 Å². The number of rotatable bonds is 2. The van der Waals surface area contributed by atoms with E-state index in [4.69, 9.17) is 23.2 Å². The quantitative estimate of drug-likeness (QED) is 0.545. The number of nitrogens with zero attached hydrogens (tertiary/aromatic N) is 1. The molecule has 3 nitrogen and oxygen atoms in total. The van der Waals surface area contributed by atoms with Gasteiger partial charge in [-0.05, 0) is 46.9 Å². The third-order valence-corrected chi connectivity index (χ3v) is 3.85. The van der Waals surface area contributed by atoms with E-state index in [2.05, 4.69) is 9.72 Å². The van der Waals surface area contributed by atoms with Crippen molar-refractivity contribution >= 4 is 51.8 Å². The lowest BCUT2D eigenvalue weighted by molar-refractivity contribution is 0.0593. The van der Waals surface area contributed by atoms with Gasteiger partial charge in [0.2, 0.25) is 0 Å². The summed E-state index contributed by atoms with van der Waals surface area (Å²) in [4.78, 5) is 15.6. The molecule has 0 fully saturated rings. The molecule has 0 N–H and O–H groups in total. The van der Waals surface area contributed by atoms with Gasteiger partial charge in [0, 0.05) is 30.9 Å². The van der Waals surface area contributed by atoms with Crippen molar-refractivity contribution in [2.75, 3.05) is 7.11 Å². The van der Waals surface area contributed by atoms with E-state index in [9.17, 15) is 4.79 Å². The zero-order valence-electron chi connectivity index (χ0n) is 9.78. The lowest BCUT2D eigenvalue weighted by atomic mass is 10.1. The van der Waals surface area contributed by atoms with Crippen molar-refractivity contribution < 1.29 is 9.53 Å². The number of hydrogen-bond acceptors (Lipinski definition) is 3. The highest BCUT2D eigenvalue weighted by Crippen LogP contribution is 2.31. The van der Waals surface area contributed by atoms with Gasteiger partial charge in [-0.25, -0.2) is 9.78 Å². The summed E-state index contributed by atoms with van der Waals surface area (Å²) in [5.41, 5.74) is 1.85. The van der Waals surface area contributed by atoms with Crippen LogP contribution in [0.3, 0.4) is 0 Å². The second kappa shape index (κ2) is 6.07. The molecule has 0 saturated carbocycles. The Hall–Kier alpha value is -0.850. The molecule has 0 spiro atoms. The fourth-order valence-electron chi connectivity index (χ4n) is 1.55. The zero-order valence-corrected chi connectivity index (χ0v) is 13.5. The molecule has 19 heavy (non-hydrogen) atoms. The smallest absolute Gasteiger partial charge is 0.357 e. The molecule has 1 aromatic carbocycles. The van der Waals surface area contributed by atoms with Crippen LogP contribution < -0.4 is 0 Å². The lowest BCUT2D eigenvalue weighted by Gasteiger charge is -2.07. The second-order valence-corrected chi connectivity index (χ2v) is 5.68. The van der Waals surface area contributed by atoms with E-state index in [0.29, 0.717) is 13.6 Å². The predicted octanol–water partition coefficient (Wildman–Crippen LogP) is 4.45. The molecule has 1 heterocycles. The number of aromatic nitrogens is 1. The van der Waals surface area contributed by atoms with Crippen molar-refractivity contribution in [2.24, 2.45) is 0 Å². The van der Waals surface area contributed by atoms with Gasteiger partial charge < -0.3 is 4.74 Å². The number of methoxy groups -OCH3 is 1. The molecular formula is C13H8Cl2INO2. The number of pyridine rings is 1. The molecule has 1 aromatic heterocycles. The van der Waals surface area contributed by atoms with Crippen LogP contribution in [0.2, 0.25) is 10.0 Å². The van der Waals surface area contributed by atoms with Gasteiger partial charge in [-0.2, -0.15) is 0 Å². The summed E-state index contributed by atoms with van der Waals surface area (Å²) in [7, 11) is 1.32. The third-order valence-electron chi connectivity index (χ3n) is 2.46. The summed E-state index contributed by atoms with van der Waals surface area (Å²) in [5.74, 6) is -0.465. The number of carbonyl (C=O) groups is 1. The highest BCUT2D eigenvalue weighted by Gasteiger charge is 2.14. The molecule has 2 rings (SSSR count). The molecular weight excluding hydrogens is 400 g/mol. The molecule has 0 aliphatic heterocycles. The number of carbonyl (C=O) groups excluding carboxylic acids is 1. The van der Waals surface area contributed by atoms with Crippen molar-refractivity contribution in [3.05, 3.63) is 49.8 Å². The fraction of sp³-hybridized carbons (Fsp3) is 0.0769. The first kappa shape index (κ1) is 14.6. The Morgan fingerprint density at radius 1 is 1.32 bits per heavy atom. The van der Waals surface area contributed by atoms with Gasteiger partial charge in [0.1, 0.15) is 0 Å². The van der Waals surface area contributed by atoms with Crippen LogP contribution in [0.4, 0.5) is 0 Å². The largest absolute Gasteiger partial charge is 0.464 e. The van der Waals surface area contributed by atoms with E-state index in [-0.39, 0.29) is 5.69 Å². The highest BCUT2D eigenvalue weighted by atomic mass is 127. The molecule has 0 atom stereocenters. The summed E-state index contributed by atoms with van der Waals surface area (Å²) in [6.45, 7) is 0. The minimum absolute atomic E-state index is 0.282. The van der Waals surface area contributed by atoms with Crippen LogP contribution in [-0.4, -0.2) is 18.1 Å². The average molecular weight is 408 g/mol. The zero-order chi connectivity index (χ0) is 14.0. The first-order valence-corrected chi connectivity index (χ1v) is 7.05. The Bertz CT molecular complexity index is 647. The summed E-state index contributed by atoms with van der Waals surface area (Å²) in [6, 6.07) is 7.01. The molecule has 0 amide bonds. The monoisotopic (exact) mass is 407 g/mol. The van der Waals surface area contributed by atoms with Crippen LogP contribution in [0, 0.1) is 3.57 Å². The number of esters is 1. The maximum absolute atomic E-state index is 11.5. The maximum Gasteiger partial charge on any atom is 0.357 e. The topological polar surface area (TPSA) is 39.2 Å². The van der Waals surface area contributed by atoms with Crippen LogP contribution >= 0.6 is 45.8 Å². The number of ether oxygens (including phenoxy) is 1. The average Bonchev–Trinajstić information content (AvgIpc) is 2.40. The van der Waals surface area contributed by atoms with E-state index in [0.717, 1.165) is 11.1 Å². The Balaban J connectivity index is 2.50. The minimum atomic E-state index is -0.465. The predicted molar refractivity (Wildman–Crippen MR) is 83.7 cm³/mol. The summed E-state index contributed by atoms with van der Waals surface area (Å²) >= 11 is 14.1. The maximum atomic E-state index is 11.5. The standard InChI is InChI=1S/C13H8Cl2INO2/c1-19-13(18)12-11(16)4-7(6-17-12)9-5-8(14)2-3-10(9)15/h2-6H,1H3. The molecule has 0 unspecified atom stereocenters. The number of benzene rings is 1. The Kier molecular flexibility index (Phi) is 4.65. The molecule has 0 saturated heterocycles. The molecule has 98 valence electrons. The minimum Gasteiger partial charge on any atom is -0.464 e. The first-order chi connectivity index (χ1) is 9.02. The van der Waals surface area contributed by atoms with Crippen LogP contribution in [0.15, 0.2) is 30.5 Å². The number of halogens is 3. The highest BCUT2D eigenvalue weighted by molar-refractivity contribution is 14.1. The normalized spacial score (nSPS) is 10.3. The van der Waals surface area contributed by atoms with Gasteiger partial charge in [0.15, 0.2) is 5.69 Å². The van der Waals surface area contributed by atoms with Crippen molar-refractivity contribution in [1.29, 1.82) is 0 Å². The Morgan fingerprint density at radius 2 is 2.05 bits per heavy atom. The van der Waals surface area contributed by atoms with E-state index in [1.165, 1.54) is 7.11 Å². The van der Waals surface area contributed by atoms with Gasteiger partial charge >= 0.3 is 5.97 Å². The molecule has 0 aliphatic rings. The molecule has 0 bridgehead atoms. The van der Waals surface area contributed by atoms with Gasteiger partial charge in [0.25, 0.3) is 0 Å². The first-order valence-electron chi connectivity index (χ1n) is 5.22. The van der Waals surface area contributed by atoms with Crippen molar-refractivity contribution in [3.63, 3.8) is 0 Å². The second-order valence-electron chi connectivity index (χ2n) is 3.67. The lowest BCUT2D eigenvalue weighted by Crippen LogP contribution is -2.06. The van der Waals surface area contributed by atoms with Gasteiger partial charge in [-0.15, -0.1) is 0 Å². The van der Waals surface area contributed by atoms with E-state index < -0.39 is 5.97 Å². The molecule has 0 aliphatic carbocycles.